The minimum atomic E-state index is 1.26. The fraction of sp³-hybridized carbons (Fsp3) is 0.538. The maximum Gasteiger partial charge on any atom is -0.0306 e. The van der Waals surface area contributed by atoms with Gasteiger partial charge in [0.15, 0.2) is 0 Å². The third-order valence-corrected chi connectivity index (χ3v) is 1.05. The summed E-state index contributed by atoms with van der Waals surface area (Å²) in [6.45, 7) is 14.1. The normalized spacial score (nSPS) is 10.5. The molecular formula is C13H26. The average Bonchev–Trinajstić information content (AvgIpc) is 2.23. The van der Waals surface area contributed by atoms with Gasteiger partial charge in [-0.3, -0.25) is 0 Å². The largest absolute Gasteiger partial charge is 0.0871 e. The van der Waals surface area contributed by atoms with Gasteiger partial charge in [0.1, 0.15) is 0 Å². The van der Waals surface area contributed by atoms with Crippen molar-refractivity contribution < 1.29 is 0 Å². The quantitative estimate of drug-likeness (QED) is 0.519. The maximum atomic E-state index is 2.08. The highest BCUT2D eigenvalue weighted by atomic mass is 13.8. The second kappa shape index (κ2) is 22.5. The summed E-state index contributed by atoms with van der Waals surface area (Å²) in [5, 5.41) is 0. The van der Waals surface area contributed by atoms with Crippen molar-refractivity contribution in [2.24, 2.45) is 0 Å². The zero-order valence-corrected chi connectivity index (χ0v) is 10.4. The molecule has 0 saturated heterocycles. The summed E-state index contributed by atoms with van der Waals surface area (Å²) < 4.78 is 0. The molecule has 0 aromatic heterocycles. The van der Waals surface area contributed by atoms with Crippen LogP contribution in [-0.2, 0) is 0 Å². The molecule has 0 N–H and O–H groups in total. The second-order valence-electron chi connectivity index (χ2n) is 1.79. The van der Waals surface area contributed by atoms with E-state index in [0.717, 1.165) is 0 Å². The number of allylic oxidation sites excluding steroid dienone is 6. The Morgan fingerprint density at radius 2 is 1.00 bits per heavy atom. The van der Waals surface area contributed by atoms with Crippen LogP contribution in [0.25, 0.3) is 0 Å². The van der Waals surface area contributed by atoms with Gasteiger partial charge in [0.05, 0.1) is 0 Å². The minimum Gasteiger partial charge on any atom is -0.0871 e. The van der Waals surface area contributed by atoms with Crippen LogP contribution in [0.15, 0.2) is 36.0 Å². The molecule has 0 aliphatic heterocycles. The summed E-state index contributed by atoms with van der Waals surface area (Å²) in [7, 11) is 0. The molecule has 0 amide bonds. The molecule has 0 bridgehead atoms. The van der Waals surface area contributed by atoms with Crippen molar-refractivity contribution in [2.45, 2.75) is 48.5 Å². The van der Waals surface area contributed by atoms with Crippen LogP contribution >= 0.6 is 0 Å². The van der Waals surface area contributed by atoms with Gasteiger partial charge in [-0.05, 0) is 26.3 Å². The van der Waals surface area contributed by atoms with Gasteiger partial charge in [-0.2, -0.15) is 0 Å². The molecule has 13 heavy (non-hydrogen) atoms. The Balaban J connectivity index is -0.000000218. The van der Waals surface area contributed by atoms with Crippen molar-refractivity contribution in [3.63, 3.8) is 0 Å². The van der Waals surface area contributed by atoms with Crippen molar-refractivity contribution in [3.05, 3.63) is 36.0 Å². The lowest BCUT2D eigenvalue weighted by Crippen LogP contribution is -1.66. The molecular weight excluding hydrogens is 156 g/mol. The second-order valence-corrected chi connectivity index (χ2v) is 1.79. The fourth-order valence-electron chi connectivity index (χ4n) is 0.633. The lowest BCUT2D eigenvalue weighted by atomic mass is 10.2. The van der Waals surface area contributed by atoms with E-state index < -0.39 is 0 Å². The zero-order chi connectivity index (χ0) is 11.1. The molecule has 0 aromatic carbocycles. The van der Waals surface area contributed by atoms with E-state index in [4.69, 9.17) is 0 Å². The summed E-state index contributed by atoms with van der Waals surface area (Å²) in [5.41, 5.74) is 1.26. The van der Waals surface area contributed by atoms with E-state index in [9.17, 15) is 0 Å². The van der Waals surface area contributed by atoms with Crippen LogP contribution in [0.1, 0.15) is 48.5 Å². The van der Waals surface area contributed by atoms with Crippen LogP contribution in [-0.4, -0.2) is 0 Å². The molecule has 0 aliphatic rings. The first kappa shape index (κ1) is 18.1. The molecule has 0 rings (SSSR count). The molecule has 0 heterocycles. The highest BCUT2D eigenvalue weighted by molar-refractivity contribution is 5.29. The van der Waals surface area contributed by atoms with Gasteiger partial charge in [0, 0.05) is 0 Å². The van der Waals surface area contributed by atoms with E-state index >= 15 is 0 Å². The molecule has 0 spiro atoms. The van der Waals surface area contributed by atoms with Gasteiger partial charge >= 0.3 is 0 Å². The van der Waals surface area contributed by atoms with Gasteiger partial charge in [-0.15, -0.1) is 0 Å². The van der Waals surface area contributed by atoms with Crippen molar-refractivity contribution in [1.29, 1.82) is 0 Å². The number of rotatable bonds is 2. The Morgan fingerprint density at radius 3 is 1.15 bits per heavy atom. The van der Waals surface area contributed by atoms with Crippen LogP contribution in [0.4, 0.5) is 0 Å². The van der Waals surface area contributed by atoms with E-state index in [1.807, 2.05) is 60.6 Å². The minimum absolute atomic E-state index is 1.26. The van der Waals surface area contributed by atoms with Crippen LogP contribution < -0.4 is 0 Å². The van der Waals surface area contributed by atoms with E-state index in [-0.39, 0.29) is 0 Å². The Kier molecular flexibility index (Phi) is 31.3. The van der Waals surface area contributed by atoms with Crippen molar-refractivity contribution in [3.8, 4) is 0 Å². The molecule has 0 heteroatoms. The van der Waals surface area contributed by atoms with E-state index in [1.165, 1.54) is 5.57 Å². The first-order valence-electron chi connectivity index (χ1n) is 5.26. The summed E-state index contributed by atoms with van der Waals surface area (Å²) >= 11 is 0. The Hall–Kier alpha value is -0.780. The van der Waals surface area contributed by atoms with Gasteiger partial charge < -0.3 is 0 Å². The van der Waals surface area contributed by atoms with Crippen LogP contribution in [0.3, 0.4) is 0 Å². The lowest BCUT2D eigenvalue weighted by molar-refractivity contribution is 1.50. The molecule has 0 saturated carbocycles. The summed E-state index contributed by atoms with van der Waals surface area (Å²) in [6.07, 6.45) is 10.3. The molecule has 0 aliphatic carbocycles. The van der Waals surface area contributed by atoms with Crippen molar-refractivity contribution in [1.82, 2.24) is 0 Å². The van der Waals surface area contributed by atoms with Gasteiger partial charge in [0.2, 0.25) is 0 Å². The highest BCUT2D eigenvalue weighted by Gasteiger charge is 1.76. The highest BCUT2D eigenvalue weighted by Crippen LogP contribution is 1.97. The van der Waals surface area contributed by atoms with Gasteiger partial charge in [0.25, 0.3) is 0 Å². The summed E-state index contributed by atoms with van der Waals surface area (Å²) in [5.74, 6) is 0. The fourth-order valence-corrected chi connectivity index (χ4v) is 0.633. The molecule has 0 radical (unpaired) electrons. The molecule has 0 unspecified atom stereocenters. The number of hydrogen-bond donors (Lipinski definition) is 0. The summed E-state index contributed by atoms with van der Waals surface area (Å²) in [6, 6.07) is 0. The SMILES string of the molecule is CC.CC.CC=C(/C=C\C)/C=C/C. The standard InChI is InChI=1S/C9H14.2C2H6/c1-4-7-9(6-3)8-5-2;2*1-2/h4-8H,1-3H3;2*1-2H3/b7-4-,8-5+,9-6?;;. The molecule has 0 fully saturated rings. The third-order valence-electron chi connectivity index (χ3n) is 1.05. The average molecular weight is 182 g/mol. The van der Waals surface area contributed by atoms with Crippen LogP contribution in [0.5, 0.6) is 0 Å². The monoisotopic (exact) mass is 182 g/mol. The number of hydrogen-bond acceptors (Lipinski definition) is 0. The van der Waals surface area contributed by atoms with Gasteiger partial charge in [-0.1, -0.05) is 58.1 Å². The van der Waals surface area contributed by atoms with Crippen LogP contribution in [0, 0.1) is 0 Å². The molecule has 0 nitrogen and oxygen atoms in total. The zero-order valence-electron chi connectivity index (χ0n) is 10.4. The summed E-state index contributed by atoms with van der Waals surface area (Å²) in [4.78, 5) is 0. The first-order valence-corrected chi connectivity index (χ1v) is 5.26. The first-order chi connectivity index (χ1) is 6.35. The molecule has 0 aromatic rings. The Morgan fingerprint density at radius 1 is 0.692 bits per heavy atom. The Labute approximate surface area is 85.1 Å². The smallest absolute Gasteiger partial charge is 0.0306 e. The predicted molar refractivity (Wildman–Crippen MR) is 66.1 cm³/mol. The lowest BCUT2D eigenvalue weighted by Gasteiger charge is -1.86. The van der Waals surface area contributed by atoms with Crippen LogP contribution in [0.2, 0.25) is 0 Å². The van der Waals surface area contributed by atoms with Crippen molar-refractivity contribution >= 4 is 0 Å². The van der Waals surface area contributed by atoms with Crippen molar-refractivity contribution in [2.75, 3.05) is 0 Å². The van der Waals surface area contributed by atoms with Gasteiger partial charge in [-0.25, -0.2) is 0 Å². The Bertz CT molecular complexity index is 122. The topological polar surface area (TPSA) is 0 Å². The molecule has 0 atom stereocenters. The predicted octanol–water partition coefficient (Wildman–Crippen LogP) is 5.14. The maximum absolute atomic E-state index is 2.08. The molecule has 78 valence electrons. The van der Waals surface area contributed by atoms with E-state index in [1.54, 1.807) is 0 Å². The van der Waals surface area contributed by atoms with E-state index in [0.29, 0.717) is 0 Å². The third kappa shape index (κ3) is 18.3. The van der Waals surface area contributed by atoms with E-state index in [2.05, 4.69) is 18.2 Å².